The first-order chi connectivity index (χ1) is 10.2. The number of amides is 1. The van der Waals surface area contributed by atoms with Crippen LogP contribution in [0.3, 0.4) is 0 Å². The van der Waals surface area contributed by atoms with Crippen molar-refractivity contribution in [2.45, 2.75) is 30.9 Å². The lowest BCUT2D eigenvalue weighted by atomic mass is 9.93. The first-order valence-electron chi connectivity index (χ1n) is 7.58. The second-order valence-corrected chi connectivity index (χ2v) is 6.97. The topological polar surface area (TPSA) is 36.1 Å². The van der Waals surface area contributed by atoms with Crippen LogP contribution in [0.5, 0.6) is 0 Å². The quantitative estimate of drug-likeness (QED) is 0.940. The van der Waals surface area contributed by atoms with Gasteiger partial charge in [-0.1, -0.05) is 18.2 Å². The van der Waals surface area contributed by atoms with Crippen molar-refractivity contribution in [2.75, 3.05) is 19.3 Å². The molecule has 2 heterocycles. The summed E-state index contributed by atoms with van der Waals surface area (Å²) in [4.78, 5) is 17.8. The highest BCUT2D eigenvalue weighted by Gasteiger charge is 2.26. The largest absolute Gasteiger partial charge is 0.358 e. The lowest BCUT2D eigenvalue weighted by molar-refractivity contribution is -0.131. The van der Waals surface area contributed by atoms with E-state index in [0.29, 0.717) is 5.92 Å². The van der Waals surface area contributed by atoms with Gasteiger partial charge in [0.2, 0.25) is 5.91 Å². The predicted octanol–water partition coefficient (Wildman–Crippen LogP) is 3.63. The van der Waals surface area contributed by atoms with Crippen molar-refractivity contribution in [1.29, 1.82) is 0 Å². The normalized spacial score (nSPS) is 18.1. The molecule has 4 heteroatoms. The molecule has 0 aliphatic carbocycles. The number of aromatic nitrogens is 1. The Kier molecular flexibility index (Phi) is 4.24. The Morgan fingerprint density at radius 2 is 2.05 bits per heavy atom. The first kappa shape index (κ1) is 14.5. The maximum atomic E-state index is 12.2. The maximum absolute atomic E-state index is 12.2. The molecule has 1 saturated heterocycles. The second kappa shape index (κ2) is 6.14. The molecule has 0 radical (unpaired) electrons. The Labute approximate surface area is 130 Å². The van der Waals surface area contributed by atoms with Gasteiger partial charge in [0.15, 0.2) is 0 Å². The molecule has 0 saturated carbocycles. The molecule has 1 N–H and O–H groups in total. The number of thioether (sulfide) groups is 1. The molecule has 1 aromatic heterocycles. The highest BCUT2D eigenvalue weighted by Crippen LogP contribution is 2.30. The zero-order valence-corrected chi connectivity index (χ0v) is 13.5. The van der Waals surface area contributed by atoms with E-state index < -0.39 is 0 Å². The zero-order chi connectivity index (χ0) is 14.8. The van der Waals surface area contributed by atoms with Crippen LogP contribution in [0.25, 0.3) is 10.9 Å². The van der Waals surface area contributed by atoms with Crippen LogP contribution in [0.15, 0.2) is 30.3 Å². The van der Waals surface area contributed by atoms with Gasteiger partial charge >= 0.3 is 0 Å². The molecule has 0 spiro atoms. The molecule has 112 valence electrons. The lowest BCUT2D eigenvalue weighted by Crippen LogP contribution is -2.41. The summed E-state index contributed by atoms with van der Waals surface area (Å²) in [7, 11) is 0. The van der Waals surface area contributed by atoms with Crippen molar-refractivity contribution >= 4 is 28.6 Å². The van der Waals surface area contributed by atoms with E-state index in [9.17, 15) is 4.79 Å². The summed E-state index contributed by atoms with van der Waals surface area (Å²) in [6.45, 7) is 3.75. The monoisotopic (exact) mass is 302 g/mol. The van der Waals surface area contributed by atoms with Crippen LogP contribution >= 0.6 is 11.8 Å². The number of piperidine rings is 1. The number of H-pyrrole nitrogens is 1. The van der Waals surface area contributed by atoms with E-state index in [2.05, 4.69) is 35.3 Å². The van der Waals surface area contributed by atoms with Gasteiger partial charge in [0.25, 0.3) is 0 Å². The van der Waals surface area contributed by atoms with Crippen molar-refractivity contribution < 1.29 is 4.79 Å². The van der Waals surface area contributed by atoms with Crippen LogP contribution in [0.4, 0.5) is 0 Å². The zero-order valence-electron chi connectivity index (χ0n) is 12.6. The summed E-state index contributed by atoms with van der Waals surface area (Å²) in [5, 5.41) is 1.36. The fourth-order valence-corrected chi connectivity index (χ4v) is 3.44. The van der Waals surface area contributed by atoms with Crippen LogP contribution < -0.4 is 0 Å². The van der Waals surface area contributed by atoms with E-state index in [1.54, 1.807) is 11.8 Å². The van der Waals surface area contributed by atoms with Crippen molar-refractivity contribution in [3.8, 4) is 0 Å². The Balaban J connectivity index is 1.67. The number of para-hydroxylation sites is 1. The van der Waals surface area contributed by atoms with Crippen molar-refractivity contribution in [1.82, 2.24) is 9.88 Å². The Bertz CT molecular complexity index is 596. The second-order valence-electron chi connectivity index (χ2n) is 5.79. The van der Waals surface area contributed by atoms with Crippen molar-refractivity contribution in [3.05, 3.63) is 36.0 Å². The average molecular weight is 302 g/mol. The highest BCUT2D eigenvalue weighted by molar-refractivity contribution is 7.99. The smallest absolute Gasteiger partial charge is 0.235 e. The van der Waals surface area contributed by atoms with Crippen LogP contribution in [0.2, 0.25) is 0 Å². The molecule has 1 aliphatic heterocycles. The van der Waals surface area contributed by atoms with E-state index in [1.807, 2.05) is 18.1 Å². The number of fused-ring (bicyclic) bond motifs is 1. The number of likely N-dealkylation sites (tertiary alicyclic amines) is 1. The molecule has 3 rings (SSSR count). The maximum Gasteiger partial charge on any atom is 0.235 e. The van der Waals surface area contributed by atoms with Crippen LogP contribution in [0, 0.1) is 0 Å². The molecular formula is C17H22N2OS. The van der Waals surface area contributed by atoms with Gasteiger partial charge in [0.1, 0.15) is 0 Å². The number of hydrogen-bond acceptors (Lipinski definition) is 2. The summed E-state index contributed by atoms with van der Waals surface area (Å²) in [6, 6.07) is 10.7. The third kappa shape index (κ3) is 2.95. The SMILES string of the molecule is CS[C@H](C)C(=O)N1CCC(c2cc3ccccc3[nH]2)CC1. The summed E-state index contributed by atoms with van der Waals surface area (Å²) < 4.78 is 0. The van der Waals surface area contributed by atoms with Crippen LogP contribution in [0.1, 0.15) is 31.4 Å². The van der Waals surface area contributed by atoms with Gasteiger partial charge in [-0.2, -0.15) is 11.8 Å². The molecule has 1 aliphatic rings. The summed E-state index contributed by atoms with van der Waals surface area (Å²) in [5.74, 6) is 0.837. The number of hydrogen-bond donors (Lipinski definition) is 1. The highest BCUT2D eigenvalue weighted by atomic mass is 32.2. The summed E-state index contributed by atoms with van der Waals surface area (Å²) in [5.41, 5.74) is 2.53. The molecule has 1 fully saturated rings. The Hall–Kier alpha value is -1.42. The number of aromatic amines is 1. The van der Waals surface area contributed by atoms with Gasteiger partial charge in [-0.05, 0) is 43.5 Å². The standard InChI is InChI=1S/C17H22N2OS/c1-12(21-2)17(20)19-9-7-13(8-10-19)16-11-14-5-3-4-6-15(14)18-16/h3-6,11-13,18H,7-10H2,1-2H3/t12-/m1/s1. The number of carbonyl (C=O) groups is 1. The molecule has 1 aromatic carbocycles. The molecule has 0 bridgehead atoms. The fraction of sp³-hybridized carbons (Fsp3) is 0.471. The molecule has 3 nitrogen and oxygen atoms in total. The van der Waals surface area contributed by atoms with Crippen LogP contribution in [-0.4, -0.2) is 40.4 Å². The molecule has 2 aromatic rings. The molecule has 1 atom stereocenters. The molecule has 0 unspecified atom stereocenters. The van der Waals surface area contributed by atoms with Gasteiger partial charge in [0, 0.05) is 30.2 Å². The number of benzene rings is 1. The number of carbonyl (C=O) groups excluding carboxylic acids is 1. The van der Waals surface area contributed by atoms with Crippen molar-refractivity contribution in [3.63, 3.8) is 0 Å². The number of nitrogens with one attached hydrogen (secondary N) is 1. The van der Waals surface area contributed by atoms with Crippen LogP contribution in [-0.2, 0) is 4.79 Å². The van der Waals surface area contributed by atoms with Gasteiger partial charge < -0.3 is 9.88 Å². The third-order valence-electron chi connectivity index (χ3n) is 4.50. The van der Waals surface area contributed by atoms with E-state index in [0.717, 1.165) is 25.9 Å². The van der Waals surface area contributed by atoms with Crippen molar-refractivity contribution in [2.24, 2.45) is 0 Å². The van der Waals surface area contributed by atoms with Gasteiger partial charge in [0.05, 0.1) is 5.25 Å². The van der Waals surface area contributed by atoms with E-state index in [1.165, 1.54) is 16.6 Å². The van der Waals surface area contributed by atoms with E-state index in [-0.39, 0.29) is 11.2 Å². The number of nitrogens with zero attached hydrogens (tertiary/aromatic N) is 1. The summed E-state index contributed by atoms with van der Waals surface area (Å²) in [6.07, 6.45) is 4.11. The summed E-state index contributed by atoms with van der Waals surface area (Å²) >= 11 is 1.63. The molecule has 21 heavy (non-hydrogen) atoms. The molecule has 1 amide bonds. The minimum Gasteiger partial charge on any atom is -0.358 e. The Morgan fingerprint density at radius 1 is 1.33 bits per heavy atom. The van der Waals surface area contributed by atoms with E-state index in [4.69, 9.17) is 0 Å². The average Bonchev–Trinajstić information content (AvgIpc) is 2.97. The fourth-order valence-electron chi connectivity index (χ4n) is 3.08. The van der Waals surface area contributed by atoms with Gasteiger partial charge in [-0.15, -0.1) is 0 Å². The predicted molar refractivity (Wildman–Crippen MR) is 89.8 cm³/mol. The minimum absolute atomic E-state index is 0.0784. The van der Waals surface area contributed by atoms with Gasteiger partial charge in [-0.25, -0.2) is 0 Å². The Morgan fingerprint density at radius 3 is 2.71 bits per heavy atom. The van der Waals surface area contributed by atoms with E-state index >= 15 is 0 Å². The molecular weight excluding hydrogens is 280 g/mol. The number of rotatable bonds is 3. The third-order valence-corrected chi connectivity index (χ3v) is 5.41. The minimum atomic E-state index is 0.0784. The lowest BCUT2D eigenvalue weighted by Gasteiger charge is -2.33. The van der Waals surface area contributed by atoms with Gasteiger partial charge in [-0.3, -0.25) is 4.79 Å². The first-order valence-corrected chi connectivity index (χ1v) is 8.87.